The molecule has 0 radical (unpaired) electrons. The van der Waals surface area contributed by atoms with Gasteiger partial charge in [0.2, 0.25) is 5.91 Å². The first-order valence-corrected chi connectivity index (χ1v) is 35.8. The number of aliphatic hydroxyl groups is 2. The highest BCUT2D eigenvalue weighted by Crippen LogP contribution is 2.20. The number of carbonyl (C=O) groups excluding carboxylic acids is 2. The molecule has 0 aromatic rings. The van der Waals surface area contributed by atoms with Crippen LogP contribution in [0.15, 0.2) is 0 Å². The van der Waals surface area contributed by atoms with Crippen LogP contribution in [-0.4, -0.2) is 47.4 Å². The second-order valence-corrected chi connectivity index (χ2v) is 24.9. The van der Waals surface area contributed by atoms with E-state index < -0.39 is 12.1 Å². The number of hydrogen-bond donors (Lipinski definition) is 3. The van der Waals surface area contributed by atoms with Gasteiger partial charge in [-0.2, -0.15) is 0 Å². The second kappa shape index (κ2) is 67.4. The monoisotopic (exact) mass is 1090 g/mol. The average molecular weight is 1090 g/mol. The SMILES string of the molecule is CCCCCCCCCCCCCCCCCCCCCCCCC(O)C(CO)NC(=O)CCCCCCCCCCCCCCCCCCCCCCCCOC(=O)CCCCCCCCCCCCCCCCCC. The van der Waals surface area contributed by atoms with Crippen molar-refractivity contribution in [1.29, 1.82) is 0 Å². The number of esters is 1. The van der Waals surface area contributed by atoms with Crippen LogP contribution in [0.4, 0.5) is 0 Å². The fraction of sp³-hybridized carbons (Fsp3) is 0.972. The van der Waals surface area contributed by atoms with Gasteiger partial charge in [0.15, 0.2) is 0 Å². The Kier molecular flexibility index (Phi) is 66.4. The first-order valence-electron chi connectivity index (χ1n) is 35.8. The van der Waals surface area contributed by atoms with Gasteiger partial charge in [-0.1, -0.05) is 380 Å². The standard InChI is InChI=1S/C71H141NO5/c1-3-5-7-9-11-13-15-17-19-21-22-23-26-29-32-35-39-43-47-51-55-59-63-69(74)68(67-73)72-70(75)64-60-56-52-48-44-40-36-33-30-27-24-25-28-31-34-38-42-46-50-54-58-62-66-77-71(76)65-61-57-53-49-45-41-37-20-18-16-14-12-10-8-6-4-2/h68-69,73-74H,3-67H2,1-2H3,(H,72,75). The summed E-state index contributed by atoms with van der Waals surface area (Å²) in [5, 5.41) is 23.4. The van der Waals surface area contributed by atoms with E-state index in [0.717, 1.165) is 38.5 Å². The van der Waals surface area contributed by atoms with E-state index in [1.165, 1.54) is 347 Å². The van der Waals surface area contributed by atoms with Gasteiger partial charge >= 0.3 is 5.97 Å². The molecule has 1 amide bonds. The maximum absolute atomic E-state index is 12.6. The molecule has 3 N–H and O–H groups in total. The Bertz CT molecular complexity index is 1120. The van der Waals surface area contributed by atoms with E-state index in [9.17, 15) is 19.8 Å². The van der Waals surface area contributed by atoms with E-state index in [1.54, 1.807) is 0 Å². The molecular weight excluding hydrogens is 947 g/mol. The molecule has 0 saturated carbocycles. The first kappa shape index (κ1) is 75.9. The zero-order valence-corrected chi connectivity index (χ0v) is 52.7. The highest BCUT2D eigenvalue weighted by Gasteiger charge is 2.20. The van der Waals surface area contributed by atoms with Crippen molar-refractivity contribution in [3.63, 3.8) is 0 Å². The Balaban J connectivity index is 3.36. The largest absolute Gasteiger partial charge is 0.466 e. The van der Waals surface area contributed by atoms with Crippen molar-refractivity contribution in [1.82, 2.24) is 5.32 Å². The van der Waals surface area contributed by atoms with Crippen molar-refractivity contribution in [2.24, 2.45) is 0 Å². The maximum atomic E-state index is 12.6. The predicted molar refractivity (Wildman–Crippen MR) is 338 cm³/mol. The van der Waals surface area contributed by atoms with Gasteiger partial charge in [0.25, 0.3) is 0 Å². The molecule has 0 rings (SSSR count). The number of nitrogens with one attached hydrogen (secondary N) is 1. The molecule has 0 heterocycles. The Labute approximate surface area is 483 Å². The smallest absolute Gasteiger partial charge is 0.305 e. The Morgan fingerprint density at radius 1 is 0.312 bits per heavy atom. The molecule has 0 aromatic heterocycles. The number of aliphatic hydroxyl groups excluding tert-OH is 2. The van der Waals surface area contributed by atoms with Crippen LogP contribution in [0.5, 0.6) is 0 Å². The fourth-order valence-corrected chi connectivity index (χ4v) is 11.7. The van der Waals surface area contributed by atoms with Crippen LogP contribution in [0.3, 0.4) is 0 Å². The predicted octanol–water partition coefficient (Wildman–Crippen LogP) is 23.0. The van der Waals surface area contributed by atoms with Crippen molar-refractivity contribution in [3.05, 3.63) is 0 Å². The molecule has 460 valence electrons. The van der Waals surface area contributed by atoms with Gasteiger partial charge in [-0.05, 0) is 25.7 Å². The summed E-state index contributed by atoms with van der Waals surface area (Å²) in [7, 11) is 0. The van der Waals surface area contributed by atoms with E-state index >= 15 is 0 Å². The van der Waals surface area contributed by atoms with Crippen molar-refractivity contribution >= 4 is 11.9 Å². The summed E-state index contributed by atoms with van der Waals surface area (Å²) in [6, 6.07) is -0.542. The normalized spacial score (nSPS) is 12.4. The molecule has 0 aromatic carbocycles. The second-order valence-electron chi connectivity index (χ2n) is 24.9. The van der Waals surface area contributed by atoms with Crippen molar-refractivity contribution in [3.8, 4) is 0 Å². The van der Waals surface area contributed by atoms with Crippen LogP contribution in [0.2, 0.25) is 0 Å². The number of hydrogen-bond acceptors (Lipinski definition) is 5. The van der Waals surface area contributed by atoms with E-state index in [1.807, 2.05) is 0 Å². The number of ether oxygens (including phenoxy) is 1. The maximum Gasteiger partial charge on any atom is 0.305 e. The minimum Gasteiger partial charge on any atom is -0.466 e. The molecule has 2 atom stereocenters. The molecule has 0 saturated heterocycles. The lowest BCUT2D eigenvalue weighted by atomic mass is 10.0. The molecule has 0 spiro atoms. The van der Waals surface area contributed by atoms with Gasteiger partial charge in [0.05, 0.1) is 25.4 Å². The van der Waals surface area contributed by atoms with Crippen LogP contribution in [0.1, 0.15) is 418 Å². The lowest BCUT2D eigenvalue weighted by molar-refractivity contribution is -0.143. The van der Waals surface area contributed by atoms with E-state index in [2.05, 4.69) is 19.2 Å². The molecular formula is C71H141NO5. The van der Waals surface area contributed by atoms with Crippen LogP contribution in [0.25, 0.3) is 0 Å². The van der Waals surface area contributed by atoms with Crippen LogP contribution in [0, 0.1) is 0 Å². The van der Waals surface area contributed by atoms with Gasteiger partial charge in [-0.25, -0.2) is 0 Å². The number of rotatable bonds is 68. The van der Waals surface area contributed by atoms with E-state index in [4.69, 9.17) is 4.74 Å². The summed E-state index contributed by atoms with van der Waals surface area (Å²) >= 11 is 0. The highest BCUT2D eigenvalue weighted by atomic mass is 16.5. The summed E-state index contributed by atoms with van der Waals surface area (Å²) in [5.41, 5.74) is 0. The van der Waals surface area contributed by atoms with Crippen LogP contribution >= 0.6 is 0 Å². The van der Waals surface area contributed by atoms with Crippen LogP contribution in [-0.2, 0) is 14.3 Å². The molecule has 6 heteroatoms. The van der Waals surface area contributed by atoms with Crippen LogP contribution < -0.4 is 5.32 Å². The lowest BCUT2D eigenvalue weighted by Gasteiger charge is -2.22. The summed E-state index contributed by atoms with van der Waals surface area (Å²) in [5.74, 6) is -0.0110. The molecule has 0 aliphatic rings. The Morgan fingerprint density at radius 2 is 0.532 bits per heavy atom. The lowest BCUT2D eigenvalue weighted by Crippen LogP contribution is -2.45. The van der Waals surface area contributed by atoms with E-state index in [-0.39, 0.29) is 18.5 Å². The third kappa shape index (κ3) is 63.9. The summed E-state index contributed by atoms with van der Waals surface area (Å²) in [6.45, 7) is 5.01. The summed E-state index contributed by atoms with van der Waals surface area (Å²) in [6.07, 6.45) is 81.5. The quantitative estimate of drug-likeness (QED) is 0.0417. The van der Waals surface area contributed by atoms with Gasteiger partial charge in [-0.15, -0.1) is 0 Å². The molecule has 2 unspecified atom stereocenters. The zero-order chi connectivity index (χ0) is 55.7. The number of carbonyl (C=O) groups is 2. The summed E-state index contributed by atoms with van der Waals surface area (Å²) in [4.78, 5) is 24.6. The minimum atomic E-state index is -0.665. The molecule has 77 heavy (non-hydrogen) atoms. The Morgan fingerprint density at radius 3 is 0.792 bits per heavy atom. The van der Waals surface area contributed by atoms with Gasteiger partial charge < -0.3 is 20.3 Å². The van der Waals surface area contributed by atoms with Gasteiger partial charge in [0.1, 0.15) is 0 Å². The molecule has 0 fully saturated rings. The van der Waals surface area contributed by atoms with E-state index in [0.29, 0.717) is 25.9 Å². The first-order chi connectivity index (χ1) is 38.0. The number of amides is 1. The minimum absolute atomic E-state index is 0.0184. The molecule has 0 aliphatic heterocycles. The van der Waals surface area contributed by atoms with Crippen molar-refractivity contribution < 1.29 is 24.5 Å². The molecule has 0 aliphatic carbocycles. The van der Waals surface area contributed by atoms with Gasteiger partial charge in [0, 0.05) is 12.8 Å². The van der Waals surface area contributed by atoms with Crippen molar-refractivity contribution in [2.75, 3.05) is 13.2 Å². The highest BCUT2D eigenvalue weighted by molar-refractivity contribution is 5.76. The average Bonchev–Trinajstić information content (AvgIpc) is 3.43. The Hall–Kier alpha value is -1.14. The molecule has 0 bridgehead atoms. The third-order valence-corrected chi connectivity index (χ3v) is 17.2. The zero-order valence-electron chi connectivity index (χ0n) is 52.7. The fourth-order valence-electron chi connectivity index (χ4n) is 11.7. The number of unbranched alkanes of at least 4 members (excludes halogenated alkanes) is 57. The van der Waals surface area contributed by atoms with Gasteiger partial charge in [-0.3, -0.25) is 9.59 Å². The third-order valence-electron chi connectivity index (χ3n) is 17.2. The van der Waals surface area contributed by atoms with Crippen molar-refractivity contribution in [2.45, 2.75) is 431 Å². The topological polar surface area (TPSA) is 95.9 Å². The molecule has 6 nitrogen and oxygen atoms in total. The summed E-state index contributed by atoms with van der Waals surface area (Å²) < 4.78 is 5.50.